The van der Waals surface area contributed by atoms with Crippen LogP contribution in [0, 0.1) is 0 Å². The number of aryl methyl sites for hydroxylation is 1. The molecule has 0 radical (unpaired) electrons. The molecule has 2 aromatic carbocycles. The van der Waals surface area contributed by atoms with Crippen molar-refractivity contribution in [1.29, 1.82) is 0 Å². The molecule has 1 saturated carbocycles. The highest BCUT2D eigenvalue weighted by molar-refractivity contribution is 5.80. The van der Waals surface area contributed by atoms with Gasteiger partial charge in [-0.3, -0.25) is 0 Å². The Balaban J connectivity index is 1.49. The molecular formula is C25H29N7. The Morgan fingerprint density at radius 3 is 2.59 bits per heavy atom. The van der Waals surface area contributed by atoms with E-state index < -0.39 is 0 Å². The Hall–Kier alpha value is -3.35. The van der Waals surface area contributed by atoms with Crippen LogP contribution in [0.2, 0.25) is 0 Å². The first-order valence-electron chi connectivity index (χ1n) is 11.7. The lowest BCUT2D eigenvalue weighted by atomic mass is 9.89. The highest BCUT2D eigenvalue weighted by atomic mass is 15.5. The molecule has 4 aromatic rings. The third kappa shape index (κ3) is 4.33. The molecular weight excluding hydrogens is 398 g/mol. The van der Waals surface area contributed by atoms with E-state index in [9.17, 15) is 0 Å². The fourth-order valence-corrected chi connectivity index (χ4v) is 4.66. The van der Waals surface area contributed by atoms with Gasteiger partial charge in [-0.1, -0.05) is 68.7 Å². The van der Waals surface area contributed by atoms with E-state index in [1.165, 1.54) is 37.7 Å². The van der Waals surface area contributed by atoms with E-state index in [1.807, 2.05) is 18.2 Å². The van der Waals surface area contributed by atoms with Crippen molar-refractivity contribution in [2.75, 3.05) is 0 Å². The Morgan fingerprint density at radius 1 is 1.00 bits per heavy atom. The first-order valence-corrected chi connectivity index (χ1v) is 11.7. The number of nitrogens with one attached hydrogen (secondary N) is 1. The summed E-state index contributed by atoms with van der Waals surface area (Å²) >= 11 is 0. The van der Waals surface area contributed by atoms with Gasteiger partial charge in [0.25, 0.3) is 0 Å². The zero-order valence-electron chi connectivity index (χ0n) is 18.5. The second kappa shape index (κ2) is 9.42. The molecule has 164 valence electrons. The second-order valence-corrected chi connectivity index (χ2v) is 8.60. The van der Waals surface area contributed by atoms with Gasteiger partial charge >= 0.3 is 0 Å². The standard InChI is InChI=1S/C25H29N7/c1-2-15-32-23(26-24(29-32)20-11-7-4-8-12-20)17-18-13-14-21(19-9-5-3-6-10-19)22(16-18)25-27-30-31-28-25/h3,5-6,9-10,13-14,16,20H,2,4,7-8,11-12,15,17H2,1H3,(H,27,28,30,31). The number of H-pyrrole nitrogens is 1. The monoisotopic (exact) mass is 427 g/mol. The predicted octanol–water partition coefficient (Wildman–Crippen LogP) is 5.17. The summed E-state index contributed by atoms with van der Waals surface area (Å²) in [7, 11) is 0. The van der Waals surface area contributed by atoms with Crippen LogP contribution in [-0.2, 0) is 13.0 Å². The van der Waals surface area contributed by atoms with Gasteiger partial charge in [0.15, 0.2) is 5.82 Å². The molecule has 1 fully saturated rings. The summed E-state index contributed by atoms with van der Waals surface area (Å²) in [6.45, 7) is 3.09. The average molecular weight is 428 g/mol. The van der Waals surface area contributed by atoms with E-state index in [2.05, 4.69) is 62.6 Å². The van der Waals surface area contributed by atoms with Crippen molar-refractivity contribution in [2.45, 2.75) is 64.3 Å². The first-order chi connectivity index (χ1) is 15.8. The molecule has 0 atom stereocenters. The maximum atomic E-state index is 5.02. The molecule has 32 heavy (non-hydrogen) atoms. The van der Waals surface area contributed by atoms with Crippen molar-refractivity contribution < 1.29 is 0 Å². The fourth-order valence-electron chi connectivity index (χ4n) is 4.66. The van der Waals surface area contributed by atoms with Crippen LogP contribution in [0.25, 0.3) is 22.5 Å². The van der Waals surface area contributed by atoms with Crippen LogP contribution in [0.3, 0.4) is 0 Å². The van der Waals surface area contributed by atoms with Crippen molar-refractivity contribution in [3.63, 3.8) is 0 Å². The number of rotatable bonds is 7. The van der Waals surface area contributed by atoms with E-state index in [1.54, 1.807) is 0 Å². The van der Waals surface area contributed by atoms with Gasteiger partial charge in [0.1, 0.15) is 5.82 Å². The van der Waals surface area contributed by atoms with Gasteiger partial charge in [-0.15, -0.1) is 10.2 Å². The van der Waals surface area contributed by atoms with Crippen LogP contribution in [0.15, 0.2) is 48.5 Å². The van der Waals surface area contributed by atoms with Gasteiger partial charge in [0.05, 0.1) is 0 Å². The molecule has 0 bridgehead atoms. The largest absolute Gasteiger partial charge is 0.249 e. The maximum Gasteiger partial charge on any atom is 0.205 e. The Labute approximate surface area is 188 Å². The normalized spacial score (nSPS) is 14.7. The van der Waals surface area contributed by atoms with Crippen molar-refractivity contribution >= 4 is 0 Å². The summed E-state index contributed by atoms with van der Waals surface area (Å²) in [5.74, 6) is 3.19. The summed E-state index contributed by atoms with van der Waals surface area (Å²) < 4.78 is 2.11. The quantitative estimate of drug-likeness (QED) is 0.440. The predicted molar refractivity (Wildman–Crippen MR) is 124 cm³/mol. The molecule has 0 spiro atoms. The van der Waals surface area contributed by atoms with Crippen molar-refractivity contribution in [1.82, 2.24) is 35.4 Å². The molecule has 0 amide bonds. The molecule has 1 N–H and O–H groups in total. The number of aromatic nitrogens is 7. The first kappa shape index (κ1) is 20.5. The molecule has 5 rings (SSSR count). The third-order valence-electron chi connectivity index (χ3n) is 6.29. The molecule has 1 aliphatic carbocycles. The van der Waals surface area contributed by atoms with Gasteiger partial charge < -0.3 is 0 Å². The van der Waals surface area contributed by atoms with E-state index in [0.29, 0.717) is 11.7 Å². The summed E-state index contributed by atoms with van der Waals surface area (Å²) in [5.41, 5.74) is 4.36. The molecule has 0 saturated heterocycles. The lowest BCUT2D eigenvalue weighted by Gasteiger charge is -2.18. The summed E-state index contributed by atoms with van der Waals surface area (Å²) in [6.07, 6.45) is 8.12. The van der Waals surface area contributed by atoms with Crippen molar-refractivity contribution in [3.8, 4) is 22.5 Å². The zero-order valence-corrected chi connectivity index (χ0v) is 18.5. The van der Waals surface area contributed by atoms with Crippen molar-refractivity contribution in [2.24, 2.45) is 0 Å². The number of aromatic amines is 1. The van der Waals surface area contributed by atoms with Crippen LogP contribution in [0.1, 0.15) is 68.6 Å². The molecule has 7 nitrogen and oxygen atoms in total. The summed E-state index contributed by atoms with van der Waals surface area (Å²) in [6, 6.07) is 16.8. The van der Waals surface area contributed by atoms with E-state index in [-0.39, 0.29) is 0 Å². The topological polar surface area (TPSA) is 85.2 Å². The van der Waals surface area contributed by atoms with Gasteiger partial charge in [0, 0.05) is 24.4 Å². The molecule has 0 aliphatic heterocycles. The minimum absolute atomic E-state index is 0.510. The smallest absolute Gasteiger partial charge is 0.205 e. The molecule has 1 aliphatic rings. The van der Waals surface area contributed by atoms with Crippen LogP contribution in [0.5, 0.6) is 0 Å². The third-order valence-corrected chi connectivity index (χ3v) is 6.29. The highest BCUT2D eigenvalue weighted by Gasteiger charge is 2.22. The zero-order chi connectivity index (χ0) is 21.8. The fraction of sp³-hybridized carbons (Fsp3) is 0.400. The average Bonchev–Trinajstić information content (AvgIpc) is 3.51. The number of hydrogen-bond acceptors (Lipinski definition) is 5. The van der Waals surface area contributed by atoms with Crippen LogP contribution in [-0.4, -0.2) is 35.4 Å². The van der Waals surface area contributed by atoms with Gasteiger partial charge in [-0.2, -0.15) is 10.3 Å². The SMILES string of the molecule is CCCn1nc(C2CCCCC2)nc1Cc1ccc(-c2ccccc2)c(-c2nn[nH]n2)c1. The minimum Gasteiger partial charge on any atom is -0.249 e. The van der Waals surface area contributed by atoms with E-state index >= 15 is 0 Å². The maximum absolute atomic E-state index is 5.02. The highest BCUT2D eigenvalue weighted by Crippen LogP contribution is 2.33. The molecule has 7 heteroatoms. The summed E-state index contributed by atoms with van der Waals surface area (Å²) in [5, 5.41) is 19.8. The van der Waals surface area contributed by atoms with Crippen molar-refractivity contribution in [3.05, 3.63) is 65.7 Å². The van der Waals surface area contributed by atoms with E-state index in [4.69, 9.17) is 10.1 Å². The lowest BCUT2D eigenvalue weighted by molar-refractivity contribution is 0.425. The Morgan fingerprint density at radius 2 is 1.84 bits per heavy atom. The van der Waals surface area contributed by atoms with E-state index in [0.717, 1.165) is 47.7 Å². The molecule has 2 aromatic heterocycles. The molecule has 0 unspecified atom stereocenters. The second-order valence-electron chi connectivity index (χ2n) is 8.60. The number of tetrazole rings is 1. The lowest BCUT2D eigenvalue weighted by Crippen LogP contribution is -2.08. The van der Waals surface area contributed by atoms with Crippen LogP contribution >= 0.6 is 0 Å². The van der Waals surface area contributed by atoms with Gasteiger partial charge in [0.2, 0.25) is 5.82 Å². The summed E-state index contributed by atoms with van der Waals surface area (Å²) in [4.78, 5) is 5.02. The Bertz CT molecular complexity index is 1140. The van der Waals surface area contributed by atoms with Gasteiger partial charge in [-0.05, 0) is 47.2 Å². The van der Waals surface area contributed by atoms with Crippen LogP contribution < -0.4 is 0 Å². The Kier molecular flexibility index (Phi) is 6.05. The van der Waals surface area contributed by atoms with Crippen LogP contribution in [0.4, 0.5) is 0 Å². The number of benzene rings is 2. The number of hydrogen-bond donors (Lipinski definition) is 1. The molecule has 2 heterocycles. The van der Waals surface area contributed by atoms with Gasteiger partial charge in [-0.25, -0.2) is 9.67 Å². The number of nitrogens with zero attached hydrogens (tertiary/aromatic N) is 6. The minimum atomic E-state index is 0.510.